The summed E-state index contributed by atoms with van der Waals surface area (Å²) < 4.78 is 5.38. The molecule has 0 atom stereocenters. The molecule has 0 heterocycles. The predicted octanol–water partition coefficient (Wildman–Crippen LogP) is 2.14. The largest absolute Gasteiger partial charge is 0.399 e. The van der Waals surface area contributed by atoms with Crippen molar-refractivity contribution in [3.05, 3.63) is 65.7 Å². The monoisotopic (exact) mass is 284 g/mol. The van der Waals surface area contributed by atoms with Crippen LogP contribution in [0.4, 0.5) is 5.69 Å². The van der Waals surface area contributed by atoms with Crippen LogP contribution in [0.2, 0.25) is 0 Å². The van der Waals surface area contributed by atoms with E-state index < -0.39 is 0 Å². The van der Waals surface area contributed by atoms with E-state index >= 15 is 0 Å². The molecule has 21 heavy (non-hydrogen) atoms. The third-order valence-corrected chi connectivity index (χ3v) is 3.14. The van der Waals surface area contributed by atoms with Crippen LogP contribution in [0.25, 0.3) is 0 Å². The lowest BCUT2D eigenvalue weighted by atomic mass is 10.1. The molecule has 2 rings (SSSR count). The Balaban J connectivity index is 1.62. The zero-order chi connectivity index (χ0) is 14.9. The van der Waals surface area contributed by atoms with Gasteiger partial charge in [-0.15, -0.1) is 0 Å². The number of amides is 1. The van der Waals surface area contributed by atoms with Crippen molar-refractivity contribution in [1.29, 1.82) is 0 Å². The fourth-order valence-electron chi connectivity index (χ4n) is 1.96. The number of hydrogen-bond donors (Lipinski definition) is 2. The number of nitrogens with two attached hydrogens (primary N) is 1. The minimum Gasteiger partial charge on any atom is -0.399 e. The van der Waals surface area contributed by atoms with Crippen molar-refractivity contribution < 1.29 is 9.53 Å². The van der Waals surface area contributed by atoms with Crippen LogP contribution in [-0.4, -0.2) is 19.1 Å². The topological polar surface area (TPSA) is 64.3 Å². The van der Waals surface area contributed by atoms with Gasteiger partial charge in [0.15, 0.2) is 0 Å². The number of ether oxygens (including phenoxy) is 1. The number of benzene rings is 2. The van der Waals surface area contributed by atoms with E-state index in [9.17, 15) is 4.79 Å². The maximum atomic E-state index is 11.6. The first kappa shape index (κ1) is 15.1. The number of hydrogen-bond acceptors (Lipinski definition) is 3. The van der Waals surface area contributed by atoms with Crippen molar-refractivity contribution in [2.24, 2.45) is 0 Å². The third kappa shape index (κ3) is 5.28. The minimum atomic E-state index is -0.111. The van der Waals surface area contributed by atoms with Crippen molar-refractivity contribution in [1.82, 2.24) is 5.32 Å². The summed E-state index contributed by atoms with van der Waals surface area (Å²) in [5.74, 6) is -0.111. The molecule has 0 aliphatic heterocycles. The van der Waals surface area contributed by atoms with Crippen molar-refractivity contribution in [2.75, 3.05) is 18.9 Å². The van der Waals surface area contributed by atoms with Crippen molar-refractivity contribution >= 4 is 11.6 Å². The normalized spacial score (nSPS) is 10.3. The van der Waals surface area contributed by atoms with Gasteiger partial charge in [-0.3, -0.25) is 4.79 Å². The van der Waals surface area contributed by atoms with Crippen LogP contribution in [0.15, 0.2) is 54.6 Å². The van der Waals surface area contributed by atoms with Gasteiger partial charge in [-0.05, 0) is 23.6 Å². The highest BCUT2D eigenvalue weighted by Crippen LogP contribution is 2.10. The summed E-state index contributed by atoms with van der Waals surface area (Å²) >= 11 is 0. The Labute approximate surface area is 124 Å². The molecule has 0 unspecified atom stereocenters. The Morgan fingerprint density at radius 3 is 2.52 bits per heavy atom. The number of rotatable bonds is 7. The number of carbonyl (C=O) groups excluding carboxylic acids is 1. The molecule has 0 bridgehead atoms. The predicted molar refractivity (Wildman–Crippen MR) is 83.7 cm³/mol. The highest BCUT2D eigenvalue weighted by molar-refractivity contribution is 5.77. The van der Waals surface area contributed by atoms with Crippen molar-refractivity contribution in [3.8, 4) is 0 Å². The van der Waals surface area contributed by atoms with E-state index in [4.69, 9.17) is 10.5 Å². The molecule has 0 spiro atoms. The molecule has 0 aromatic heterocycles. The average molecular weight is 284 g/mol. The Bertz CT molecular complexity index is 570. The van der Waals surface area contributed by atoms with Crippen LogP contribution in [-0.2, 0) is 22.5 Å². The molecule has 0 radical (unpaired) electrons. The molecule has 0 aliphatic carbocycles. The molecular formula is C17H20N2O2. The number of nitrogens with one attached hydrogen (secondary N) is 1. The van der Waals surface area contributed by atoms with E-state index in [1.807, 2.05) is 54.6 Å². The van der Waals surface area contributed by atoms with E-state index in [0.717, 1.165) is 16.8 Å². The first-order valence-corrected chi connectivity index (χ1v) is 6.97. The number of nitrogen functional groups attached to an aromatic ring is 1. The van der Waals surface area contributed by atoms with E-state index in [0.29, 0.717) is 19.6 Å². The molecular weight excluding hydrogens is 264 g/mol. The second kappa shape index (κ2) is 8.07. The molecule has 3 N–H and O–H groups in total. The molecule has 0 saturated heterocycles. The van der Waals surface area contributed by atoms with Gasteiger partial charge in [0.05, 0.1) is 6.61 Å². The fraction of sp³-hybridized carbons (Fsp3) is 0.235. The van der Waals surface area contributed by atoms with Gasteiger partial charge in [0.2, 0.25) is 5.91 Å². The second-order valence-electron chi connectivity index (χ2n) is 4.76. The van der Waals surface area contributed by atoms with Crippen molar-refractivity contribution in [3.63, 3.8) is 0 Å². The first-order chi connectivity index (χ1) is 10.3. The van der Waals surface area contributed by atoms with E-state index in [1.54, 1.807) is 0 Å². The molecule has 2 aromatic rings. The molecule has 0 aliphatic rings. The molecule has 4 nitrogen and oxygen atoms in total. The van der Waals surface area contributed by atoms with Crippen LogP contribution in [0, 0.1) is 0 Å². The second-order valence-corrected chi connectivity index (χ2v) is 4.76. The summed E-state index contributed by atoms with van der Waals surface area (Å²) in [7, 11) is 0. The van der Waals surface area contributed by atoms with Crippen LogP contribution < -0.4 is 11.1 Å². The number of para-hydroxylation sites is 1. The molecule has 1 amide bonds. The fourth-order valence-corrected chi connectivity index (χ4v) is 1.96. The van der Waals surface area contributed by atoms with Gasteiger partial charge < -0.3 is 15.8 Å². The standard InChI is InChI=1S/C17H20N2O2/c18-16-9-5-4-8-15(16)10-11-21-13-17(20)19-12-14-6-2-1-3-7-14/h1-9H,10-13,18H2,(H,19,20). The molecule has 4 heteroatoms. The lowest BCUT2D eigenvalue weighted by Crippen LogP contribution is -2.27. The SMILES string of the molecule is Nc1ccccc1CCOCC(=O)NCc1ccccc1. The van der Waals surface area contributed by atoms with Crippen LogP contribution in [0.5, 0.6) is 0 Å². The summed E-state index contributed by atoms with van der Waals surface area (Å²) in [6.07, 6.45) is 0.707. The Morgan fingerprint density at radius 1 is 1.05 bits per heavy atom. The maximum Gasteiger partial charge on any atom is 0.246 e. The highest BCUT2D eigenvalue weighted by Gasteiger charge is 2.02. The number of carbonyl (C=O) groups is 1. The average Bonchev–Trinajstić information content (AvgIpc) is 2.52. The summed E-state index contributed by atoms with van der Waals surface area (Å²) in [6.45, 7) is 1.07. The molecule has 0 fully saturated rings. The smallest absolute Gasteiger partial charge is 0.246 e. The van der Waals surface area contributed by atoms with Gasteiger partial charge in [-0.2, -0.15) is 0 Å². The Kier molecular flexibility index (Phi) is 5.79. The van der Waals surface area contributed by atoms with Crippen LogP contribution >= 0.6 is 0 Å². The van der Waals surface area contributed by atoms with Gasteiger partial charge in [-0.25, -0.2) is 0 Å². The minimum absolute atomic E-state index is 0.0690. The summed E-state index contributed by atoms with van der Waals surface area (Å²) in [5.41, 5.74) is 8.71. The molecule has 0 saturated carbocycles. The Morgan fingerprint density at radius 2 is 1.76 bits per heavy atom. The van der Waals surface area contributed by atoms with E-state index in [-0.39, 0.29) is 12.5 Å². The summed E-state index contributed by atoms with van der Waals surface area (Å²) in [4.78, 5) is 11.6. The first-order valence-electron chi connectivity index (χ1n) is 6.97. The quantitative estimate of drug-likeness (QED) is 0.605. The number of anilines is 1. The van der Waals surface area contributed by atoms with Crippen molar-refractivity contribution in [2.45, 2.75) is 13.0 Å². The van der Waals surface area contributed by atoms with E-state index in [2.05, 4.69) is 5.32 Å². The summed E-state index contributed by atoms with van der Waals surface area (Å²) in [5, 5.41) is 2.82. The Hall–Kier alpha value is -2.33. The summed E-state index contributed by atoms with van der Waals surface area (Å²) in [6, 6.07) is 17.5. The lowest BCUT2D eigenvalue weighted by molar-refractivity contribution is -0.125. The van der Waals surface area contributed by atoms with Gasteiger partial charge in [0.1, 0.15) is 6.61 Å². The van der Waals surface area contributed by atoms with Gasteiger partial charge in [0.25, 0.3) is 0 Å². The highest BCUT2D eigenvalue weighted by atomic mass is 16.5. The van der Waals surface area contributed by atoms with Crippen LogP contribution in [0.1, 0.15) is 11.1 Å². The van der Waals surface area contributed by atoms with Gasteiger partial charge >= 0.3 is 0 Å². The lowest BCUT2D eigenvalue weighted by Gasteiger charge is -2.07. The zero-order valence-corrected chi connectivity index (χ0v) is 11.9. The van der Waals surface area contributed by atoms with Crippen LogP contribution in [0.3, 0.4) is 0 Å². The van der Waals surface area contributed by atoms with E-state index in [1.165, 1.54) is 0 Å². The van der Waals surface area contributed by atoms with Gasteiger partial charge in [0, 0.05) is 12.2 Å². The molecule has 2 aromatic carbocycles. The van der Waals surface area contributed by atoms with Gasteiger partial charge in [-0.1, -0.05) is 48.5 Å². The molecule has 110 valence electrons. The zero-order valence-electron chi connectivity index (χ0n) is 11.9. The third-order valence-electron chi connectivity index (χ3n) is 3.14. The maximum absolute atomic E-state index is 11.6.